The lowest BCUT2D eigenvalue weighted by Crippen LogP contribution is -2.59. The van der Waals surface area contributed by atoms with Gasteiger partial charge < -0.3 is 15.0 Å². The summed E-state index contributed by atoms with van der Waals surface area (Å²) in [6.07, 6.45) is 0. The number of benzene rings is 7. The zero-order valence-electron chi connectivity index (χ0n) is 42.1. The van der Waals surface area contributed by atoms with Crippen LogP contribution in [0.25, 0.3) is 22.3 Å². The molecule has 1 aliphatic carbocycles. The molecule has 0 aromatic heterocycles. The Bertz CT molecular complexity index is 3020. The van der Waals surface area contributed by atoms with Gasteiger partial charge in [0.05, 0.1) is 7.06 Å². The predicted octanol–water partition coefficient (Wildman–Crippen LogP) is 15.0. The lowest BCUT2D eigenvalue weighted by Gasteiger charge is -2.39. The Balaban J connectivity index is 1.32. The van der Waals surface area contributed by atoms with Crippen molar-refractivity contribution in [3.8, 4) is 33.8 Å². The summed E-state index contributed by atoms with van der Waals surface area (Å²) in [6, 6.07) is 48.1. The monoisotopic (exact) mass is 854 g/mol. The highest BCUT2D eigenvalue weighted by Gasteiger charge is 2.47. The highest BCUT2D eigenvalue weighted by Crippen LogP contribution is 2.58. The van der Waals surface area contributed by atoms with Crippen LogP contribution in [0.4, 0.5) is 28.4 Å². The maximum atomic E-state index is 9.74. The van der Waals surface area contributed by atoms with E-state index in [0.717, 1.165) is 62.0 Å². The maximum absolute atomic E-state index is 9.74. The van der Waals surface area contributed by atoms with Crippen molar-refractivity contribution in [3.05, 3.63) is 167 Å². The second kappa shape index (κ2) is 14.5. The molecule has 2 heterocycles. The predicted molar refractivity (Wildman–Crippen MR) is 280 cm³/mol. The SMILES string of the molecule is [2H]c1cc2c3c(c1-c1ccc(C(C)(C)C)cc1)Nc1c(cc(N(c4ccc(C(C)(C)C)cc4)c4ccc(C(C)(C)C)cc4)c4c1C(C)(C)c1ccccc1-4)B3c1cc(C(C)(C)C)ccc1O2. The van der Waals surface area contributed by atoms with E-state index in [9.17, 15) is 1.37 Å². The van der Waals surface area contributed by atoms with Gasteiger partial charge in [0.1, 0.15) is 11.5 Å². The van der Waals surface area contributed by atoms with E-state index >= 15 is 0 Å². The molecule has 0 amide bonds. The second-order valence-corrected chi connectivity index (χ2v) is 23.5. The second-order valence-electron chi connectivity index (χ2n) is 23.5. The summed E-state index contributed by atoms with van der Waals surface area (Å²) < 4.78 is 16.7. The summed E-state index contributed by atoms with van der Waals surface area (Å²) in [6.45, 7) is 31.9. The van der Waals surface area contributed by atoms with Gasteiger partial charge in [-0.2, -0.15) is 0 Å². The molecular formula is C61H65BN2O. The van der Waals surface area contributed by atoms with E-state index in [0.29, 0.717) is 6.04 Å². The first kappa shape index (κ1) is 41.7. The molecule has 3 aliphatic rings. The molecule has 3 nitrogen and oxygen atoms in total. The average molecular weight is 854 g/mol. The fraction of sp³-hybridized carbons (Fsp3) is 0.311. The summed E-state index contributed by atoms with van der Waals surface area (Å²) in [5.74, 6) is 1.58. The number of ether oxygens (including phenoxy) is 1. The molecular weight excluding hydrogens is 787 g/mol. The van der Waals surface area contributed by atoms with E-state index < -0.39 is 0 Å². The first-order chi connectivity index (χ1) is 30.9. The number of hydrogen-bond acceptors (Lipinski definition) is 3. The van der Waals surface area contributed by atoms with Gasteiger partial charge >= 0.3 is 0 Å². The van der Waals surface area contributed by atoms with Crippen molar-refractivity contribution in [2.45, 2.75) is 124 Å². The number of hydrogen-bond donors (Lipinski definition) is 1. The number of nitrogens with one attached hydrogen (secondary N) is 1. The first-order valence-corrected chi connectivity index (χ1v) is 23.6. The van der Waals surface area contributed by atoms with Gasteiger partial charge in [-0.15, -0.1) is 0 Å². The fourth-order valence-corrected chi connectivity index (χ4v) is 10.6. The van der Waals surface area contributed by atoms with Crippen LogP contribution in [0.2, 0.25) is 0 Å². The highest BCUT2D eigenvalue weighted by molar-refractivity contribution is 6.99. The summed E-state index contributed by atoms with van der Waals surface area (Å²) in [5, 5.41) is 4.17. The fourth-order valence-electron chi connectivity index (χ4n) is 10.6. The molecule has 7 aromatic rings. The molecule has 0 radical (unpaired) electrons. The zero-order chi connectivity index (χ0) is 47.0. The molecule has 2 aliphatic heterocycles. The van der Waals surface area contributed by atoms with Crippen LogP contribution >= 0.6 is 0 Å². The molecule has 328 valence electrons. The third-order valence-electron chi connectivity index (χ3n) is 14.5. The molecule has 0 atom stereocenters. The van der Waals surface area contributed by atoms with E-state index in [-0.39, 0.29) is 33.8 Å². The Kier molecular flexibility index (Phi) is 9.30. The average Bonchev–Trinajstić information content (AvgIpc) is 3.49. The van der Waals surface area contributed by atoms with Crippen molar-refractivity contribution in [3.63, 3.8) is 0 Å². The van der Waals surface area contributed by atoms with Crippen molar-refractivity contribution >= 4 is 51.5 Å². The quantitative estimate of drug-likeness (QED) is 0.179. The third kappa shape index (κ3) is 7.02. The molecule has 10 rings (SSSR count). The topological polar surface area (TPSA) is 24.5 Å². The lowest BCUT2D eigenvalue weighted by molar-refractivity contribution is 0.486. The molecule has 65 heavy (non-hydrogen) atoms. The van der Waals surface area contributed by atoms with E-state index in [2.05, 4.69) is 228 Å². The first-order valence-electron chi connectivity index (χ1n) is 24.1. The van der Waals surface area contributed by atoms with Crippen LogP contribution in [0.5, 0.6) is 11.5 Å². The largest absolute Gasteiger partial charge is 0.458 e. The van der Waals surface area contributed by atoms with Gasteiger partial charge in [-0.25, -0.2) is 0 Å². The van der Waals surface area contributed by atoms with Gasteiger partial charge in [0.2, 0.25) is 0 Å². The molecule has 0 unspecified atom stereocenters. The molecule has 1 N–H and O–H groups in total. The van der Waals surface area contributed by atoms with Gasteiger partial charge in [0.15, 0.2) is 0 Å². The van der Waals surface area contributed by atoms with Crippen molar-refractivity contribution in [1.29, 1.82) is 0 Å². The smallest absolute Gasteiger partial charge is 0.256 e. The minimum Gasteiger partial charge on any atom is -0.458 e. The van der Waals surface area contributed by atoms with Crippen LogP contribution in [0.15, 0.2) is 133 Å². The molecule has 0 spiro atoms. The van der Waals surface area contributed by atoms with Gasteiger partial charge in [0.25, 0.3) is 6.71 Å². The van der Waals surface area contributed by atoms with Crippen LogP contribution in [-0.4, -0.2) is 6.71 Å². The Morgan fingerprint density at radius 1 is 0.538 bits per heavy atom. The van der Waals surface area contributed by atoms with Crippen molar-refractivity contribution in [1.82, 2.24) is 0 Å². The molecule has 7 aromatic carbocycles. The van der Waals surface area contributed by atoms with E-state index in [4.69, 9.17) is 4.74 Å². The van der Waals surface area contributed by atoms with Crippen LogP contribution in [0.3, 0.4) is 0 Å². The number of rotatable bonds is 4. The Labute approximate surface area is 390 Å². The lowest BCUT2D eigenvalue weighted by atomic mass is 9.33. The number of fused-ring (bicyclic) bond motifs is 8. The normalized spacial score (nSPS) is 14.9. The van der Waals surface area contributed by atoms with Crippen LogP contribution in [-0.2, 0) is 27.1 Å². The Hall–Kier alpha value is -6.00. The summed E-state index contributed by atoms with van der Waals surface area (Å²) in [4.78, 5) is 2.51. The third-order valence-corrected chi connectivity index (χ3v) is 14.5. The molecule has 4 heteroatoms. The summed E-state index contributed by atoms with van der Waals surface area (Å²) >= 11 is 0. The molecule has 0 saturated carbocycles. The zero-order valence-corrected chi connectivity index (χ0v) is 41.1. The van der Waals surface area contributed by atoms with Crippen LogP contribution in [0.1, 0.15) is 132 Å². The molecule has 0 saturated heterocycles. The molecule has 0 bridgehead atoms. The van der Waals surface area contributed by atoms with Gasteiger partial charge in [-0.3, -0.25) is 0 Å². The minimum atomic E-state index is -0.369. The Morgan fingerprint density at radius 3 is 1.62 bits per heavy atom. The summed E-state index contributed by atoms with van der Waals surface area (Å²) in [5.41, 5.74) is 20.6. The van der Waals surface area contributed by atoms with Crippen molar-refractivity contribution in [2.24, 2.45) is 0 Å². The van der Waals surface area contributed by atoms with E-state index in [1.807, 2.05) is 6.07 Å². The Morgan fingerprint density at radius 2 is 1.06 bits per heavy atom. The van der Waals surface area contributed by atoms with Crippen LogP contribution < -0.4 is 31.3 Å². The highest BCUT2D eigenvalue weighted by atomic mass is 16.5. The van der Waals surface area contributed by atoms with Crippen molar-refractivity contribution in [2.75, 3.05) is 10.2 Å². The summed E-state index contributed by atoms with van der Waals surface area (Å²) in [7, 11) is 0. The minimum absolute atomic E-state index is 0.00698. The van der Waals surface area contributed by atoms with Crippen LogP contribution in [0, 0.1) is 0 Å². The maximum Gasteiger partial charge on any atom is 0.256 e. The number of anilines is 5. The van der Waals surface area contributed by atoms with Gasteiger partial charge in [-0.1, -0.05) is 182 Å². The van der Waals surface area contributed by atoms with E-state index in [1.54, 1.807) is 0 Å². The number of nitrogens with zero attached hydrogens (tertiary/aromatic N) is 1. The van der Waals surface area contributed by atoms with Gasteiger partial charge in [-0.05, 0) is 131 Å². The standard InChI is InChI=1S/C61H65BN2O/c1-57(2,3)38-21-19-37(20-22-38)44-32-34-51-54-55(44)63-56-48(62(54)47-35-41(60(10,11)12)27-33-50(47)65-51)36-49(52-45-17-15-16-18-46(45)61(13,14)53(52)56)64(42-28-23-39(24-29-42)58(4,5)6)43-30-25-40(26-31-43)59(7,8)9/h15-36,63H,1-14H3/i32D. The van der Waals surface area contributed by atoms with Crippen molar-refractivity contribution < 1.29 is 6.11 Å². The molecule has 0 fully saturated rings. The van der Waals surface area contributed by atoms with E-state index in [1.165, 1.54) is 50.0 Å². The van der Waals surface area contributed by atoms with Gasteiger partial charge in [0, 0.05) is 39.3 Å².